The lowest BCUT2D eigenvalue weighted by Crippen LogP contribution is -2.02. The molecule has 0 fully saturated rings. The molecule has 0 atom stereocenters. The van der Waals surface area contributed by atoms with E-state index in [9.17, 15) is 5.48 Å². The Balaban J connectivity index is 1.26. The van der Waals surface area contributed by atoms with Gasteiger partial charge < -0.3 is 4.57 Å². The second-order valence-electron chi connectivity index (χ2n) is 13.1. The molecule has 0 amide bonds. The van der Waals surface area contributed by atoms with Crippen molar-refractivity contribution >= 4 is 53.3 Å². The Kier molecular flexibility index (Phi) is 5.27. The Bertz CT molecular complexity index is 3920. The van der Waals surface area contributed by atoms with Gasteiger partial charge in [-0.15, -0.1) is 11.3 Å². The van der Waals surface area contributed by atoms with Gasteiger partial charge in [-0.1, -0.05) is 157 Å². The molecule has 3 heterocycles. The van der Waals surface area contributed by atoms with Crippen molar-refractivity contribution in [3.05, 3.63) is 194 Å². The molecule has 56 heavy (non-hydrogen) atoms. The van der Waals surface area contributed by atoms with Crippen molar-refractivity contribution in [3.63, 3.8) is 0 Å². The predicted octanol–water partition coefficient (Wildman–Crippen LogP) is 13.7. The molecule has 0 aliphatic heterocycles. The number of hydrogen-bond acceptors (Lipinski definition) is 4. The maximum Gasteiger partial charge on any atom is 0.165 e. The van der Waals surface area contributed by atoms with Crippen LogP contribution in [-0.2, 0) is 0 Å². The fourth-order valence-electron chi connectivity index (χ4n) is 7.35. The molecule has 8 aromatic carbocycles. The standard InChI is InChI=1S/C51H32N4S/c1-4-16-33(17-5-1)37-24-14-25-40-38-22-10-12-28-44(38)55(47(37)40)45-31-30-36(32-43(45)34-18-6-2-7-19-34)50-52-49(35-20-8-3-9-21-35)53-51(54-50)42-27-15-26-41-39-23-11-13-29-46(39)56-48(41)42/h1-32H/i1D,4D,5D,10D,12D,14D,16D,17D,22D,24D,25D,28D. The van der Waals surface area contributed by atoms with Crippen molar-refractivity contribution in [2.24, 2.45) is 0 Å². The summed E-state index contributed by atoms with van der Waals surface area (Å²) < 4.78 is 111. The van der Waals surface area contributed by atoms with Crippen LogP contribution in [0.5, 0.6) is 0 Å². The zero-order valence-electron chi connectivity index (χ0n) is 41.2. The summed E-state index contributed by atoms with van der Waals surface area (Å²) in [5, 5.41) is 1.90. The van der Waals surface area contributed by atoms with E-state index in [0.717, 1.165) is 31.3 Å². The number of rotatable bonds is 6. The number of aromatic nitrogens is 4. The van der Waals surface area contributed by atoms with Crippen LogP contribution in [0.15, 0.2) is 194 Å². The molecule has 0 aliphatic carbocycles. The number of benzene rings is 8. The van der Waals surface area contributed by atoms with E-state index in [0.29, 0.717) is 39.9 Å². The van der Waals surface area contributed by atoms with Gasteiger partial charge in [0, 0.05) is 58.8 Å². The van der Waals surface area contributed by atoms with E-state index in [1.165, 1.54) is 4.57 Å². The van der Waals surface area contributed by atoms with Gasteiger partial charge in [-0.05, 0) is 47.5 Å². The first-order chi connectivity index (χ1) is 32.8. The summed E-state index contributed by atoms with van der Waals surface area (Å²) in [6.07, 6.45) is 0. The van der Waals surface area contributed by atoms with Gasteiger partial charge in [0.1, 0.15) is 0 Å². The Morgan fingerprint density at radius 1 is 0.429 bits per heavy atom. The summed E-state index contributed by atoms with van der Waals surface area (Å²) in [7, 11) is 0. The lowest BCUT2D eigenvalue weighted by Gasteiger charge is -2.17. The number of hydrogen-bond donors (Lipinski definition) is 0. The molecule has 0 radical (unpaired) electrons. The second kappa shape index (κ2) is 13.3. The van der Waals surface area contributed by atoms with E-state index in [4.69, 9.17) is 25.9 Å². The lowest BCUT2D eigenvalue weighted by atomic mass is 9.99. The van der Waals surface area contributed by atoms with Crippen molar-refractivity contribution in [2.75, 3.05) is 0 Å². The van der Waals surface area contributed by atoms with Crippen molar-refractivity contribution < 1.29 is 16.4 Å². The van der Waals surface area contributed by atoms with Crippen molar-refractivity contribution in [2.45, 2.75) is 0 Å². The van der Waals surface area contributed by atoms with Crippen molar-refractivity contribution in [3.8, 4) is 62.1 Å². The molecule has 0 saturated carbocycles. The maximum atomic E-state index is 9.39. The number of nitrogens with zero attached hydrogens (tertiary/aromatic N) is 4. The van der Waals surface area contributed by atoms with Crippen molar-refractivity contribution in [1.82, 2.24) is 19.5 Å². The second-order valence-corrected chi connectivity index (χ2v) is 14.1. The molecule has 5 heteroatoms. The van der Waals surface area contributed by atoms with Crippen LogP contribution < -0.4 is 0 Å². The topological polar surface area (TPSA) is 43.6 Å². The smallest absolute Gasteiger partial charge is 0.165 e. The minimum Gasteiger partial charge on any atom is -0.308 e. The number of thiophene rings is 1. The fourth-order valence-corrected chi connectivity index (χ4v) is 8.56. The van der Waals surface area contributed by atoms with Gasteiger partial charge in [0.15, 0.2) is 17.5 Å². The third kappa shape index (κ3) is 5.32. The van der Waals surface area contributed by atoms with Crippen molar-refractivity contribution in [1.29, 1.82) is 0 Å². The number of fused-ring (bicyclic) bond motifs is 6. The monoisotopic (exact) mass is 744 g/mol. The van der Waals surface area contributed by atoms with E-state index in [1.807, 2.05) is 91.0 Å². The predicted molar refractivity (Wildman–Crippen MR) is 234 cm³/mol. The zero-order valence-corrected chi connectivity index (χ0v) is 30.1. The summed E-state index contributed by atoms with van der Waals surface area (Å²) in [4.78, 5) is 15.2. The zero-order chi connectivity index (χ0) is 47.4. The maximum absolute atomic E-state index is 9.39. The minimum atomic E-state index is -0.688. The molecule has 0 saturated heterocycles. The normalized spacial score (nSPS) is 14.6. The third-order valence-electron chi connectivity index (χ3n) is 9.86. The van der Waals surface area contributed by atoms with Crippen LogP contribution in [0.1, 0.15) is 16.4 Å². The fraction of sp³-hybridized carbons (Fsp3) is 0. The van der Waals surface area contributed by atoms with Crippen LogP contribution in [0.4, 0.5) is 0 Å². The molecule has 3 aromatic heterocycles. The molecule has 11 aromatic rings. The van der Waals surface area contributed by atoms with E-state index in [2.05, 4.69) is 18.2 Å². The highest BCUT2D eigenvalue weighted by Crippen LogP contribution is 2.43. The molecular weight excluding hydrogens is 701 g/mol. The van der Waals surface area contributed by atoms with Gasteiger partial charge in [0.05, 0.1) is 33.2 Å². The Morgan fingerprint density at radius 3 is 1.95 bits per heavy atom. The van der Waals surface area contributed by atoms with E-state index in [1.54, 1.807) is 23.5 Å². The highest BCUT2D eigenvalue weighted by molar-refractivity contribution is 7.26. The largest absolute Gasteiger partial charge is 0.308 e. The van der Waals surface area contributed by atoms with Crippen LogP contribution in [-0.4, -0.2) is 19.5 Å². The molecule has 0 aliphatic rings. The Morgan fingerprint density at radius 2 is 1.11 bits per heavy atom. The third-order valence-corrected chi connectivity index (χ3v) is 11.1. The van der Waals surface area contributed by atoms with E-state index < -0.39 is 78.1 Å². The Labute approximate surface area is 344 Å². The molecular formula is C51H32N4S. The molecule has 0 bridgehead atoms. The van der Waals surface area contributed by atoms with Gasteiger partial charge in [0.2, 0.25) is 0 Å². The van der Waals surface area contributed by atoms with Crippen LogP contribution in [0.3, 0.4) is 0 Å². The average molecular weight is 745 g/mol. The van der Waals surface area contributed by atoms with Crippen LogP contribution in [0.2, 0.25) is 0 Å². The van der Waals surface area contributed by atoms with Gasteiger partial charge in [0.25, 0.3) is 0 Å². The molecule has 262 valence electrons. The number of para-hydroxylation sites is 2. The summed E-state index contributed by atoms with van der Waals surface area (Å²) in [5.41, 5.74) is 2.61. The summed E-state index contributed by atoms with van der Waals surface area (Å²) in [6.45, 7) is 0. The van der Waals surface area contributed by atoms with Crippen LogP contribution >= 0.6 is 11.3 Å². The van der Waals surface area contributed by atoms with Crippen LogP contribution in [0.25, 0.3) is 104 Å². The first kappa shape index (κ1) is 22.2. The highest BCUT2D eigenvalue weighted by Gasteiger charge is 2.21. The van der Waals surface area contributed by atoms with E-state index >= 15 is 0 Å². The molecule has 4 nitrogen and oxygen atoms in total. The summed E-state index contributed by atoms with van der Waals surface area (Å²) in [6, 6.07) is 30.9. The van der Waals surface area contributed by atoms with Gasteiger partial charge >= 0.3 is 0 Å². The quantitative estimate of drug-likeness (QED) is 0.170. The van der Waals surface area contributed by atoms with Crippen LogP contribution in [0, 0.1) is 0 Å². The average Bonchev–Trinajstić information content (AvgIpc) is 3.94. The van der Waals surface area contributed by atoms with Gasteiger partial charge in [-0.3, -0.25) is 0 Å². The molecule has 0 unspecified atom stereocenters. The van der Waals surface area contributed by atoms with Gasteiger partial charge in [-0.2, -0.15) is 0 Å². The minimum absolute atomic E-state index is 0.103. The first-order valence-electron chi connectivity index (χ1n) is 23.8. The SMILES string of the molecule is [2H]c1c([2H])c([2H])c(-c2c([2H])c([2H])c([2H])c3c4c([2H])c([2H])c([2H])c([2H])c4n(-c4ccc(-c5nc(-c6ccccc6)nc(-c6cccc7c6sc6ccccc67)n5)cc4-c4ccccc4)c23)c([2H])c1[2H]. The first-order valence-corrected chi connectivity index (χ1v) is 18.6. The summed E-state index contributed by atoms with van der Waals surface area (Å²) >= 11 is 1.65. The Hall–Kier alpha value is -7.21. The lowest BCUT2D eigenvalue weighted by molar-refractivity contribution is 1.08. The summed E-state index contributed by atoms with van der Waals surface area (Å²) in [5.74, 6) is 1.18. The molecule has 0 spiro atoms. The van der Waals surface area contributed by atoms with E-state index in [-0.39, 0.29) is 27.4 Å². The molecule has 11 rings (SSSR count). The highest BCUT2D eigenvalue weighted by atomic mass is 32.1. The van der Waals surface area contributed by atoms with Gasteiger partial charge in [-0.25, -0.2) is 15.0 Å². The molecule has 0 N–H and O–H groups in total.